The minimum Gasteiger partial charge on any atom is -0.340 e. The van der Waals surface area contributed by atoms with Crippen molar-refractivity contribution in [2.24, 2.45) is 0 Å². The monoisotopic (exact) mass is 380 g/mol. The molecule has 26 heavy (non-hydrogen) atoms. The van der Waals surface area contributed by atoms with Crippen molar-refractivity contribution in [3.63, 3.8) is 0 Å². The van der Waals surface area contributed by atoms with E-state index >= 15 is 0 Å². The van der Waals surface area contributed by atoms with Gasteiger partial charge >= 0.3 is 6.18 Å². The summed E-state index contributed by atoms with van der Waals surface area (Å²) in [5.74, 6) is 0. The van der Waals surface area contributed by atoms with Crippen LogP contribution in [0, 0.1) is 0 Å². The van der Waals surface area contributed by atoms with Crippen molar-refractivity contribution in [1.29, 1.82) is 0 Å². The zero-order valence-corrected chi connectivity index (χ0v) is 15.8. The Labute approximate surface area is 157 Å². The van der Waals surface area contributed by atoms with Crippen LogP contribution in [0.25, 0.3) is 0 Å². The molecule has 3 rings (SSSR count). The quantitative estimate of drug-likeness (QED) is 0.603. The minimum absolute atomic E-state index is 0.591. The first kappa shape index (κ1) is 19.1. The second-order valence-corrected chi connectivity index (χ2v) is 7.37. The van der Waals surface area contributed by atoms with Gasteiger partial charge in [0.25, 0.3) is 0 Å². The van der Waals surface area contributed by atoms with Crippen molar-refractivity contribution < 1.29 is 13.2 Å². The molecule has 0 bridgehead atoms. The molecule has 140 valence electrons. The molecule has 0 fully saturated rings. The molecular formula is C20H23F3N2S. The molecule has 0 amide bonds. The van der Waals surface area contributed by atoms with E-state index in [1.807, 2.05) is 24.3 Å². The van der Waals surface area contributed by atoms with Gasteiger partial charge in [0.15, 0.2) is 0 Å². The molecule has 1 aliphatic rings. The van der Waals surface area contributed by atoms with Crippen LogP contribution in [0.1, 0.15) is 25.8 Å². The number of rotatable bonds is 6. The van der Waals surface area contributed by atoms with Crippen molar-refractivity contribution in [1.82, 2.24) is 4.90 Å². The van der Waals surface area contributed by atoms with Crippen LogP contribution in [0.2, 0.25) is 0 Å². The fourth-order valence-corrected chi connectivity index (χ4v) is 4.38. The van der Waals surface area contributed by atoms with E-state index in [-0.39, 0.29) is 0 Å². The number of para-hydroxylation sites is 1. The number of hydrogen-bond acceptors (Lipinski definition) is 3. The molecule has 0 spiro atoms. The van der Waals surface area contributed by atoms with E-state index in [1.165, 1.54) is 23.9 Å². The van der Waals surface area contributed by atoms with E-state index in [0.717, 1.165) is 48.9 Å². The van der Waals surface area contributed by atoms with Crippen LogP contribution in [0.5, 0.6) is 0 Å². The molecule has 2 nitrogen and oxygen atoms in total. The molecule has 0 N–H and O–H groups in total. The second-order valence-electron chi connectivity index (χ2n) is 6.28. The van der Waals surface area contributed by atoms with Gasteiger partial charge < -0.3 is 9.80 Å². The fourth-order valence-electron chi connectivity index (χ4n) is 3.24. The lowest BCUT2D eigenvalue weighted by molar-refractivity contribution is -0.137. The largest absolute Gasteiger partial charge is 0.416 e. The van der Waals surface area contributed by atoms with E-state index < -0.39 is 11.7 Å². The van der Waals surface area contributed by atoms with Crippen LogP contribution in [-0.2, 0) is 6.18 Å². The van der Waals surface area contributed by atoms with Gasteiger partial charge in [-0.25, -0.2) is 0 Å². The third-order valence-corrected chi connectivity index (χ3v) is 5.82. The number of fused-ring (bicyclic) bond motifs is 2. The molecule has 0 radical (unpaired) electrons. The number of alkyl halides is 3. The smallest absolute Gasteiger partial charge is 0.340 e. The van der Waals surface area contributed by atoms with Gasteiger partial charge in [-0.1, -0.05) is 37.7 Å². The fraction of sp³-hybridized carbons (Fsp3) is 0.400. The minimum atomic E-state index is -4.32. The maximum atomic E-state index is 13.1. The molecular weight excluding hydrogens is 357 g/mol. The van der Waals surface area contributed by atoms with Crippen molar-refractivity contribution in [3.8, 4) is 0 Å². The highest BCUT2D eigenvalue weighted by Gasteiger charge is 2.33. The Morgan fingerprint density at radius 2 is 1.65 bits per heavy atom. The average Bonchev–Trinajstić information content (AvgIpc) is 2.63. The average molecular weight is 380 g/mol. The summed E-state index contributed by atoms with van der Waals surface area (Å²) in [5, 5.41) is 0. The lowest BCUT2D eigenvalue weighted by Gasteiger charge is -2.33. The number of halogens is 3. The summed E-state index contributed by atoms with van der Waals surface area (Å²) < 4.78 is 39.3. The second kappa shape index (κ2) is 7.92. The van der Waals surface area contributed by atoms with Crippen LogP contribution in [0.4, 0.5) is 24.5 Å². The Morgan fingerprint density at radius 1 is 0.962 bits per heavy atom. The molecule has 2 aromatic rings. The molecule has 0 aliphatic carbocycles. The standard InChI is InChI=1S/C20H23F3N2S/c1-3-24(4-2)12-7-13-25-16-8-5-6-9-18(16)26-19-14-15(20(21,22)23)10-11-17(19)25/h5-6,8-11,14H,3-4,7,12-13H2,1-2H3. The van der Waals surface area contributed by atoms with Gasteiger partial charge in [-0.2, -0.15) is 13.2 Å². The Morgan fingerprint density at radius 3 is 2.35 bits per heavy atom. The molecule has 0 saturated carbocycles. The zero-order valence-electron chi connectivity index (χ0n) is 15.0. The van der Waals surface area contributed by atoms with E-state index in [0.29, 0.717) is 4.90 Å². The van der Waals surface area contributed by atoms with Gasteiger partial charge in [0.1, 0.15) is 0 Å². The van der Waals surface area contributed by atoms with Gasteiger partial charge in [0.05, 0.1) is 16.9 Å². The Hall–Kier alpha value is -1.66. The Bertz CT molecular complexity index is 757. The molecule has 0 saturated heterocycles. The van der Waals surface area contributed by atoms with Crippen LogP contribution >= 0.6 is 11.8 Å². The summed E-state index contributed by atoms with van der Waals surface area (Å²) in [5.41, 5.74) is 1.34. The normalized spacial score (nSPS) is 13.7. The van der Waals surface area contributed by atoms with E-state index in [1.54, 1.807) is 6.07 Å². The molecule has 2 aromatic carbocycles. The predicted molar refractivity (Wildman–Crippen MR) is 101 cm³/mol. The summed E-state index contributed by atoms with van der Waals surface area (Å²) >= 11 is 1.41. The van der Waals surface area contributed by atoms with E-state index in [4.69, 9.17) is 0 Å². The van der Waals surface area contributed by atoms with Crippen LogP contribution in [-0.4, -0.2) is 31.1 Å². The molecule has 1 heterocycles. The van der Waals surface area contributed by atoms with Gasteiger partial charge in [-0.05, 0) is 56.4 Å². The summed E-state index contributed by atoms with van der Waals surface area (Å²) in [7, 11) is 0. The van der Waals surface area contributed by atoms with Gasteiger partial charge in [-0.3, -0.25) is 0 Å². The van der Waals surface area contributed by atoms with Gasteiger partial charge in [0.2, 0.25) is 0 Å². The first-order chi connectivity index (χ1) is 12.4. The topological polar surface area (TPSA) is 6.48 Å². The van der Waals surface area contributed by atoms with Crippen molar-refractivity contribution >= 4 is 23.1 Å². The third kappa shape index (κ3) is 4.01. The summed E-state index contributed by atoms with van der Waals surface area (Å²) in [6.07, 6.45) is -3.36. The van der Waals surface area contributed by atoms with Crippen LogP contribution < -0.4 is 4.90 Å². The molecule has 6 heteroatoms. The van der Waals surface area contributed by atoms with Crippen molar-refractivity contribution in [3.05, 3.63) is 48.0 Å². The van der Waals surface area contributed by atoms with E-state index in [9.17, 15) is 13.2 Å². The van der Waals surface area contributed by atoms with Gasteiger partial charge in [0, 0.05) is 16.3 Å². The van der Waals surface area contributed by atoms with Crippen molar-refractivity contribution in [2.45, 2.75) is 36.2 Å². The summed E-state index contributed by atoms with van der Waals surface area (Å²) in [4.78, 5) is 6.19. The molecule has 1 aliphatic heterocycles. The SMILES string of the molecule is CCN(CC)CCCN1c2ccccc2Sc2cc(C(F)(F)F)ccc21. The first-order valence-electron chi connectivity index (χ1n) is 8.92. The number of hydrogen-bond donors (Lipinski definition) is 0. The Kier molecular flexibility index (Phi) is 5.82. The lowest BCUT2D eigenvalue weighted by atomic mass is 10.1. The maximum absolute atomic E-state index is 13.1. The Balaban J connectivity index is 1.89. The lowest BCUT2D eigenvalue weighted by Crippen LogP contribution is -2.29. The summed E-state index contributed by atoms with van der Waals surface area (Å²) in [6, 6.07) is 12.0. The maximum Gasteiger partial charge on any atom is 0.416 e. The highest BCUT2D eigenvalue weighted by molar-refractivity contribution is 7.99. The number of benzene rings is 2. The molecule has 0 unspecified atom stereocenters. The van der Waals surface area contributed by atoms with Crippen molar-refractivity contribution in [2.75, 3.05) is 31.1 Å². The third-order valence-electron chi connectivity index (χ3n) is 4.70. The van der Waals surface area contributed by atoms with Crippen LogP contribution in [0.15, 0.2) is 52.3 Å². The highest BCUT2D eigenvalue weighted by Crippen LogP contribution is 2.49. The van der Waals surface area contributed by atoms with E-state index in [2.05, 4.69) is 23.6 Å². The highest BCUT2D eigenvalue weighted by atomic mass is 32.2. The first-order valence-corrected chi connectivity index (χ1v) is 9.73. The van der Waals surface area contributed by atoms with Gasteiger partial charge in [-0.15, -0.1) is 0 Å². The predicted octanol–water partition coefficient (Wildman–Crippen LogP) is 6.04. The molecule has 0 aromatic heterocycles. The number of anilines is 2. The van der Waals surface area contributed by atoms with Crippen LogP contribution in [0.3, 0.4) is 0 Å². The summed E-state index contributed by atoms with van der Waals surface area (Å²) in [6.45, 7) is 8.07. The molecule has 0 atom stereocenters. The number of nitrogens with zero attached hydrogens (tertiary/aromatic N) is 2. The zero-order chi connectivity index (χ0) is 18.7.